The van der Waals surface area contributed by atoms with Crippen molar-refractivity contribution in [1.82, 2.24) is 4.98 Å². The van der Waals surface area contributed by atoms with Gasteiger partial charge in [0.15, 0.2) is 0 Å². The monoisotopic (exact) mass is 274 g/mol. The summed E-state index contributed by atoms with van der Waals surface area (Å²) in [6.07, 6.45) is 1.36. The predicted molar refractivity (Wildman–Crippen MR) is 75.7 cm³/mol. The van der Waals surface area contributed by atoms with E-state index in [9.17, 15) is 10.1 Å². The van der Waals surface area contributed by atoms with Crippen molar-refractivity contribution >= 4 is 17.2 Å². The molecule has 0 unspecified atom stereocenters. The summed E-state index contributed by atoms with van der Waals surface area (Å²) < 4.78 is 5.60. The first-order chi connectivity index (χ1) is 9.41. The molecule has 0 spiro atoms. The molecule has 0 aliphatic carbocycles. The van der Waals surface area contributed by atoms with E-state index in [1.54, 1.807) is 12.1 Å². The first-order valence-electron chi connectivity index (χ1n) is 5.84. The summed E-state index contributed by atoms with van der Waals surface area (Å²) in [6, 6.07) is 4.76. The van der Waals surface area contributed by atoms with E-state index in [1.807, 2.05) is 13.8 Å². The molecule has 0 saturated heterocycles. The highest BCUT2D eigenvalue weighted by Gasteiger charge is 2.21. The van der Waals surface area contributed by atoms with Gasteiger partial charge >= 0.3 is 5.69 Å². The number of ether oxygens (including phenoxy) is 1. The number of hydrogen-bond acceptors (Lipinski definition) is 6. The molecule has 20 heavy (non-hydrogen) atoms. The standard InChI is InChI=1S/C13H14N4O3/c1-7-8(2)10(4-3-9(7)14)20-11-5-6-16-13(15)12(11)17(18)19/h3-6H,14H2,1-2H3,(H2,15,16). The number of aromatic nitrogens is 1. The molecule has 0 amide bonds. The molecule has 104 valence electrons. The van der Waals surface area contributed by atoms with Gasteiger partial charge in [-0.2, -0.15) is 0 Å². The molecular formula is C13H14N4O3. The molecule has 0 aliphatic rings. The highest BCUT2D eigenvalue weighted by atomic mass is 16.6. The van der Waals surface area contributed by atoms with Crippen LogP contribution in [0, 0.1) is 24.0 Å². The minimum absolute atomic E-state index is 0.0507. The Bertz CT molecular complexity index is 686. The second-order valence-electron chi connectivity index (χ2n) is 4.31. The van der Waals surface area contributed by atoms with Gasteiger partial charge in [-0.1, -0.05) is 0 Å². The van der Waals surface area contributed by atoms with E-state index in [2.05, 4.69) is 4.98 Å². The Morgan fingerprint density at radius 1 is 1.15 bits per heavy atom. The molecule has 1 heterocycles. The number of nitrogens with zero attached hydrogens (tertiary/aromatic N) is 2. The lowest BCUT2D eigenvalue weighted by molar-refractivity contribution is -0.384. The molecule has 2 rings (SSSR count). The van der Waals surface area contributed by atoms with E-state index in [1.165, 1.54) is 12.3 Å². The third-order valence-corrected chi connectivity index (χ3v) is 3.10. The number of benzene rings is 1. The fourth-order valence-electron chi connectivity index (χ4n) is 1.76. The maximum absolute atomic E-state index is 11.0. The van der Waals surface area contributed by atoms with Gasteiger partial charge in [-0.15, -0.1) is 0 Å². The SMILES string of the molecule is Cc1c(N)ccc(Oc2ccnc(N)c2[N+](=O)[O-])c1C. The fourth-order valence-corrected chi connectivity index (χ4v) is 1.76. The maximum Gasteiger partial charge on any atom is 0.353 e. The van der Waals surface area contributed by atoms with Crippen LogP contribution >= 0.6 is 0 Å². The third kappa shape index (κ3) is 2.33. The van der Waals surface area contributed by atoms with Crippen molar-refractivity contribution in [3.8, 4) is 11.5 Å². The lowest BCUT2D eigenvalue weighted by Crippen LogP contribution is -2.02. The van der Waals surface area contributed by atoms with Gasteiger partial charge in [0.25, 0.3) is 0 Å². The van der Waals surface area contributed by atoms with Crippen LogP contribution < -0.4 is 16.2 Å². The van der Waals surface area contributed by atoms with Gasteiger partial charge in [-0.25, -0.2) is 4.98 Å². The zero-order chi connectivity index (χ0) is 14.9. The van der Waals surface area contributed by atoms with Crippen LogP contribution in [0.15, 0.2) is 24.4 Å². The second kappa shape index (κ2) is 5.04. The Morgan fingerprint density at radius 3 is 2.50 bits per heavy atom. The molecule has 1 aromatic heterocycles. The summed E-state index contributed by atoms with van der Waals surface area (Å²) in [5.41, 5.74) is 13.3. The zero-order valence-electron chi connectivity index (χ0n) is 11.1. The average Bonchev–Trinajstić information content (AvgIpc) is 2.39. The average molecular weight is 274 g/mol. The van der Waals surface area contributed by atoms with Gasteiger partial charge < -0.3 is 16.2 Å². The summed E-state index contributed by atoms with van der Waals surface area (Å²) in [5.74, 6) is 0.359. The molecule has 0 fully saturated rings. The molecule has 1 aromatic carbocycles. The molecular weight excluding hydrogens is 260 g/mol. The third-order valence-electron chi connectivity index (χ3n) is 3.10. The van der Waals surface area contributed by atoms with Crippen molar-refractivity contribution in [2.45, 2.75) is 13.8 Å². The molecule has 0 bridgehead atoms. The first kappa shape index (κ1) is 13.6. The molecule has 0 radical (unpaired) electrons. The fraction of sp³-hybridized carbons (Fsp3) is 0.154. The quantitative estimate of drug-likeness (QED) is 0.504. The smallest absolute Gasteiger partial charge is 0.353 e. The van der Waals surface area contributed by atoms with Crippen LogP contribution in [0.1, 0.15) is 11.1 Å². The van der Waals surface area contributed by atoms with Crippen molar-refractivity contribution in [2.24, 2.45) is 0 Å². The Kier molecular flexibility index (Phi) is 3.43. The lowest BCUT2D eigenvalue weighted by atomic mass is 10.1. The molecule has 2 aromatic rings. The molecule has 7 nitrogen and oxygen atoms in total. The highest BCUT2D eigenvalue weighted by Crippen LogP contribution is 2.36. The van der Waals surface area contributed by atoms with E-state index >= 15 is 0 Å². The number of rotatable bonds is 3. The second-order valence-corrected chi connectivity index (χ2v) is 4.31. The van der Waals surface area contributed by atoms with Gasteiger partial charge in [0.2, 0.25) is 11.6 Å². The van der Waals surface area contributed by atoms with Gasteiger partial charge in [-0.05, 0) is 37.1 Å². The Hall–Kier alpha value is -2.83. The van der Waals surface area contributed by atoms with Crippen LogP contribution in [-0.2, 0) is 0 Å². The van der Waals surface area contributed by atoms with Gasteiger partial charge in [0.05, 0.1) is 4.92 Å². The van der Waals surface area contributed by atoms with Crippen LogP contribution in [-0.4, -0.2) is 9.91 Å². The highest BCUT2D eigenvalue weighted by molar-refractivity contribution is 5.63. The molecule has 7 heteroatoms. The lowest BCUT2D eigenvalue weighted by Gasteiger charge is -2.12. The summed E-state index contributed by atoms with van der Waals surface area (Å²) in [7, 11) is 0. The van der Waals surface area contributed by atoms with Gasteiger partial charge in [0.1, 0.15) is 5.75 Å². The van der Waals surface area contributed by atoms with Crippen LogP contribution in [0.25, 0.3) is 0 Å². The molecule has 0 aliphatic heterocycles. The largest absolute Gasteiger partial charge is 0.450 e. The maximum atomic E-state index is 11.0. The Labute approximate surface area is 115 Å². The van der Waals surface area contributed by atoms with E-state index in [0.717, 1.165) is 11.1 Å². The molecule has 4 N–H and O–H groups in total. The summed E-state index contributed by atoms with van der Waals surface area (Å²) in [4.78, 5) is 14.1. The van der Waals surface area contributed by atoms with E-state index in [-0.39, 0.29) is 17.3 Å². The van der Waals surface area contributed by atoms with Crippen molar-refractivity contribution in [3.63, 3.8) is 0 Å². The van der Waals surface area contributed by atoms with E-state index < -0.39 is 4.92 Å². The summed E-state index contributed by atoms with van der Waals surface area (Å²) in [6.45, 7) is 3.68. The van der Waals surface area contributed by atoms with Crippen molar-refractivity contribution in [1.29, 1.82) is 0 Å². The summed E-state index contributed by atoms with van der Waals surface area (Å²) >= 11 is 0. The van der Waals surface area contributed by atoms with E-state index in [4.69, 9.17) is 16.2 Å². The molecule has 0 saturated carbocycles. The van der Waals surface area contributed by atoms with E-state index in [0.29, 0.717) is 11.4 Å². The van der Waals surface area contributed by atoms with Crippen molar-refractivity contribution in [2.75, 3.05) is 11.5 Å². The number of nitrogens with two attached hydrogens (primary N) is 2. The van der Waals surface area contributed by atoms with Crippen LogP contribution in [0.2, 0.25) is 0 Å². The molecule has 0 atom stereocenters. The Morgan fingerprint density at radius 2 is 1.85 bits per heavy atom. The zero-order valence-corrected chi connectivity index (χ0v) is 11.1. The Balaban J connectivity index is 2.48. The number of nitro groups is 1. The van der Waals surface area contributed by atoms with Crippen LogP contribution in [0.3, 0.4) is 0 Å². The van der Waals surface area contributed by atoms with Gasteiger partial charge in [0, 0.05) is 18.0 Å². The first-order valence-corrected chi connectivity index (χ1v) is 5.84. The number of anilines is 2. The number of hydrogen-bond donors (Lipinski definition) is 2. The summed E-state index contributed by atoms with van der Waals surface area (Å²) in [5, 5.41) is 11.0. The minimum atomic E-state index is -0.614. The number of nitrogen functional groups attached to an aromatic ring is 2. The number of pyridine rings is 1. The van der Waals surface area contributed by atoms with Crippen molar-refractivity contribution < 1.29 is 9.66 Å². The predicted octanol–water partition coefficient (Wildman–Crippen LogP) is 2.56. The van der Waals surface area contributed by atoms with Crippen LogP contribution in [0.5, 0.6) is 11.5 Å². The minimum Gasteiger partial charge on any atom is -0.450 e. The van der Waals surface area contributed by atoms with Crippen LogP contribution in [0.4, 0.5) is 17.2 Å². The van der Waals surface area contributed by atoms with Crippen molar-refractivity contribution in [3.05, 3.63) is 45.6 Å². The van der Waals surface area contributed by atoms with Gasteiger partial charge in [-0.3, -0.25) is 10.1 Å². The normalized spacial score (nSPS) is 10.3. The topological polar surface area (TPSA) is 117 Å².